The first-order valence-electron chi connectivity index (χ1n) is 9.85. The Morgan fingerprint density at radius 1 is 0.906 bits per heavy atom. The lowest BCUT2D eigenvalue weighted by atomic mass is 10.1. The highest BCUT2D eigenvalue weighted by Crippen LogP contribution is 2.50. The van der Waals surface area contributed by atoms with Gasteiger partial charge in [0.15, 0.2) is 11.5 Å². The van der Waals surface area contributed by atoms with E-state index in [1.54, 1.807) is 6.07 Å². The fourth-order valence-electron chi connectivity index (χ4n) is 3.63. The van der Waals surface area contributed by atoms with Crippen molar-refractivity contribution in [2.75, 3.05) is 4.90 Å². The van der Waals surface area contributed by atoms with Gasteiger partial charge in [-0.15, -0.1) is 11.3 Å². The molecule has 2 heterocycles. The maximum Gasteiger partial charge on any atom is 0.346 e. The normalized spacial score (nSPS) is 12.3. The minimum absolute atomic E-state index is 0.279. The van der Waals surface area contributed by atoms with Crippen molar-refractivity contribution in [3.05, 3.63) is 95.4 Å². The Hall–Kier alpha value is -4.34. The molecule has 0 atom stereocenters. The Morgan fingerprint density at radius 3 is 2.12 bits per heavy atom. The van der Waals surface area contributed by atoms with Crippen molar-refractivity contribution in [3.63, 3.8) is 0 Å². The molecule has 0 bridgehead atoms. The van der Waals surface area contributed by atoms with Crippen LogP contribution in [0, 0.1) is 11.3 Å². The number of anilines is 3. The van der Waals surface area contributed by atoms with Crippen molar-refractivity contribution in [1.82, 2.24) is 0 Å². The summed E-state index contributed by atoms with van der Waals surface area (Å²) in [6.07, 6.45) is 1.40. The molecule has 0 amide bonds. The lowest BCUT2D eigenvalue weighted by Crippen LogP contribution is -2.15. The number of rotatable bonds is 4. The smallest absolute Gasteiger partial charge is 0.346 e. The number of hydrogen-bond donors (Lipinski definition) is 1. The average molecular weight is 436 g/mol. The van der Waals surface area contributed by atoms with E-state index in [2.05, 4.69) is 17.0 Å². The molecule has 154 valence electrons. The summed E-state index contributed by atoms with van der Waals surface area (Å²) in [5.41, 5.74) is 3.69. The maximum absolute atomic E-state index is 11.1. The first kappa shape index (κ1) is 19.6. The number of thiophene rings is 1. The summed E-state index contributed by atoms with van der Waals surface area (Å²) >= 11 is 1.44. The number of nitrogens with zero attached hydrogens (tertiary/aromatic N) is 2. The van der Waals surface area contributed by atoms with E-state index in [-0.39, 0.29) is 5.57 Å². The van der Waals surface area contributed by atoms with Crippen LogP contribution >= 0.6 is 11.3 Å². The molecule has 0 saturated heterocycles. The van der Waals surface area contributed by atoms with Crippen molar-refractivity contribution in [3.8, 4) is 28.0 Å². The van der Waals surface area contributed by atoms with Gasteiger partial charge in [0.05, 0.1) is 11.4 Å². The van der Waals surface area contributed by atoms with Crippen molar-refractivity contribution < 1.29 is 14.6 Å². The number of carboxylic acid groups (broad SMARTS) is 1. The number of aliphatic carboxylic acids is 1. The topological polar surface area (TPSA) is 73.6 Å². The van der Waals surface area contributed by atoms with Gasteiger partial charge in [0, 0.05) is 15.4 Å². The minimum atomic E-state index is -1.22. The molecule has 3 aromatic carbocycles. The first-order valence-corrected chi connectivity index (χ1v) is 10.7. The predicted octanol–water partition coefficient (Wildman–Crippen LogP) is 6.98. The fourth-order valence-corrected chi connectivity index (χ4v) is 4.58. The molecule has 5 nitrogen and oxygen atoms in total. The van der Waals surface area contributed by atoms with Crippen LogP contribution in [-0.2, 0) is 4.79 Å². The van der Waals surface area contributed by atoms with Gasteiger partial charge in [-0.3, -0.25) is 0 Å². The standard InChI is InChI=1S/C26H16N2O3S/c27-16-18(26(29)30)15-20-13-14-25(32-20)17-9-11-19(12-10-17)28-21-5-1-3-7-23(21)31-24-8-4-2-6-22(24)28/h1-15H,(H,29,30)/b18-15+. The number of nitriles is 1. The van der Waals surface area contributed by atoms with Crippen molar-refractivity contribution in [2.45, 2.75) is 0 Å². The minimum Gasteiger partial charge on any atom is -0.477 e. The molecule has 0 unspecified atom stereocenters. The Kier molecular flexibility index (Phi) is 4.94. The Morgan fingerprint density at radius 2 is 1.53 bits per heavy atom. The van der Waals surface area contributed by atoms with Crippen LogP contribution in [0.4, 0.5) is 17.1 Å². The number of fused-ring (bicyclic) bond motifs is 2. The monoisotopic (exact) mass is 436 g/mol. The number of benzene rings is 3. The number of ether oxygens (including phenoxy) is 1. The highest BCUT2D eigenvalue weighted by molar-refractivity contribution is 7.16. The largest absolute Gasteiger partial charge is 0.477 e. The van der Waals surface area contributed by atoms with Crippen LogP contribution in [0.15, 0.2) is 90.5 Å². The molecule has 0 fully saturated rings. The molecular formula is C26H16N2O3S. The van der Waals surface area contributed by atoms with Gasteiger partial charge < -0.3 is 14.7 Å². The van der Waals surface area contributed by atoms with Gasteiger partial charge in [-0.25, -0.2) is 4.79 Å². The molecule has 4 aromatic rings. The number of hydrogen-bond acceptors (Lipinski definition) is 5. The Bertz CT molecular complexity index is 1350. The van der Waals surface area contributed by atoms with Crippen molar-refractivity contribution in [1.29, 1.82) is 5.26 Å². The maximum atomic E-state index is 11.1. The molecule has 0 spiro atoms. The summed E-state index contributed by atoms with van der Waals surface area (Å²) in [7, 11) is 0. The molecule has 32 heavy (non-hydrogen) atoms. The van der Waals surface area contributed by atoms with Crippen molar-refractivity contribution in [2.24, 2.45) is 0 Å². The summed E-state index contributed by atoms with van der Waals surface area (Å²) in [6.45, 7) is 0. The van der Waals surface area contributed by atoms with Gasteiger partial charge in [0.2, 0.25) is 0 Å². The van der Waals surface area contributed by atoms with Crippen LogP contribution < -0.4 is 9.64 Å². The Labute approximate surface area is 188 Å². The van der Waals surface area contributed by atoms with Crippen molar-refractivity contribution >= 4 is 40.4 Å². The Balaban J connectivity index is 1.50. The number of carbonyl (C=O) groups is 1. The van der Waals surface area contributed by atoms with E-state index in [0.717, 1.165) is 43.9 Å². The SMILES string of the molecule is N#C/C(=C\c1ccc(-c2ccc(N3c4ccccc4Oc4ccccc43)cc2)s1)C(=O)O. The number of carboxylic acids is 1. The molecule has 1 aromatic heterocycles. The molecule has 1 aliphatic rings. The second-order valence-electron chi connectivity index (χ2n) is 7.10. The second-order valence-corrected chi connectivity index (χ2v) is 8.21. The van der Waals surface area contributed by atoms with Crippen LogP contribution in [0.25, 0.3) is 16.5 Å². The predicted molar refractivity (Wildman–Crippen MR) is 126 cm³/mol. The third-order valence-corrected chi connectivity index (χ3v) is 6.19. The lowest BCUT2D eigenvalue weighted by molar-refractivity contribution is -0.132. The van der Waals surface area contributed by atoms with Crippen LogP contribution in [0.1, 0.15) is 4.88 Å². The molecular weight excluding hydrogens is 420 g/mol. The molecule has 6 heteroatoms. The van der Waals surface area contributed by atoms with E-state index in [1.807, 2.05) is 72.8 Å². The quantitative estimate of drug-likeness (QED) is 0.243. The van der Waals surface area contributed by atoms with E-state index in [4.69, 9.17) is 15.1 Å². The summed E-state index contributed by atoms with van der Waals surface area (Å²) in [5.74, 6) is 0.381. The highest BCUT2D eigenvalue weighted by atomic mass is 32.1. The molecule has 0 saturated carbocycles. The fraction of sp³-hybridized carbons (Fsp3) is 0. The van der Waals surface area contributed by atoms with E-state index in [0.29, 0.717) is 0 Å². The zero-order chi connectivity index (χ0) is 22.1. The van der Waals surface area contributed by atoms with Crippen LogP contribution in [0.2, 0.25) is 0 Å². The molecule has 1 N–H and O–H groups in total. The number of para-hydroxylation sites is 4. The second kappa shape index (κ2) is 8.06. The molecule has 0 radical (unpaired) electrons. The van der Waals surface area contributed by atoms with E-state index in [9.17, 15) is 4.79 Å². The van der Waals surface area contributed by atoms with Crippen LogP contribution in [0.5, 0.6) is 11.5 Å². The zero-order valence-corrected chi connectivity index (χ0v) is 17.5. The summed E-state index contributed by atoms with van der Waals surface area (Å²) < 4.78 is 6.07. The van der Waals surface area contributed by atoms with Gasteiger partial charge in [0.25, 0.3) is 0 Å². The molecule has 0 aliphatic carbocycles. The summed E-state index contributed by atoms with van der Waals surface area (Å²) in [5, 5.41) is 18.0. The third-order valence-electron chi connectivity index (χ3n) is 5.11. The van der Waals surface area contributed by atoms with Gasteiger partial charge >= 0.3 is 5.97 Å². The molecule has 5 rings (SSSR count). The van der Waals surface area contributed by atoms with Gasteiger partial charge in [0.1, 0.15) is 11.6 Å². The lowest BCUT2D eigenvalue weighted by Gasteiger charge is -2.32. The van der Waals surface area contributed by atoms with E-state index >= 15 is 0 Å². The average Bonchev–Trinajstić information content (AvgIpc) is 3.29. The zero-order valence-electron chi connectivity index (χ0n) is 16.7. The van der Waals surface area contributed by atoms with Crippen LogP contribution in [0.3, 0.4) is 0 Å². The van der Waals surface area contributed by atoms with E-state index in [1.165, 1.54) is 17.4 Å². The molecule has 1 aliphatic heterocycles. The third kappa shape index (κ3) is 3.51. The highest BCUT2D eigenvalue weighted by Gasteiger charge is 2.25. The van der Waals surface area contributed by atoms with Crippen LogP contribution in [-0.4, -0.2) is 11.1 Å². The summed E-state index contributed by atoms with van der Waals surface area (Å²) in [4.78, 5) is 15.0. The van der Waals surface area contributed by atoms with E-state index < -0.39 is 5.97 Å². The van der Waals surface area contributed by atoms with Gasteiger partial charge in [-0.2, -0.15) is 5.26 Å². The van der Waals surface area contributed by atoms with Gasteiger partial charge in [-0.05, 0) is 60.2 Å². The first-order chi connectivity index (χ1) is 15.6. The van der Waals surface area contributed by atoms with Gasteiger partial charge in [-0.1, -0.05) is 36.4 Å². The summed E-state index contributed by atoms with van der Waals surface area (Å²) in [6, 6.07) is 29.5.